The molecule has 0 bridgehead atoms. The highest BCUT2D eigenvalue weighted by Crippen LogP contribution is 2.25. The lowest BCUT2D eigenvalue weighted by Gasteiger charge is -2.20. The van der Waals surface area contributed by atoms with Gasteiger partial charge in [-0.2, -0.15) is 0 Å². The molecule has 0 aliphatic heterocycles. The van der Waals surface area contributed by atoms with Crippen LogP contribution in [-0.2, 0) is 12.4 Å². The summed E-state index contributed by atoms with van der Waals surface area (Å²) < 4.78 is 13.1. The third-order valence-corrected chi connectivity index (χ3v) is 3.27. The summed E-state index contributed by atoms with van der Waals surface area (Å²) in [6.45, 7) is 0.509. The minimum atomic E-state index is -0.260. The number of benzene rings is 1. The number of halogens is 3. The molecule has 0 atom stereocenters. The molecule has 0 saturated heterocycles. The van der Waals surface area contributed by atoms with Crippen molar-refractivity contribution in [3.05, 3.63) is 52.7 Å². The van der Waals surface area contributed by atoms with Crippen molar-refractivity contribution < 1.29 is 4.39 Å². The number of alkyl halides is 1. The summed E-state index contributed by atoms with van der Waals surface area (Å²) >= 11 is 11.8. The lowest BCUT2D eigenvalue weighted by Crippen LogP contribution is -2.19. The maximum atomic E-state index is 13.1. The average Bonchev–Trinajstić information content (AvgIpc) is 2.38. The maximum Gasteiger partial charge on any atom is 0.138 e. The zero-order valence-electron chi connectivity index (χ0n) is 10.3. The van der Waals surface area contributed by atoms with Crippen molar-refractivity contribution >= 4 is 29.0 Å². The molecule has 1 aromatic carbocycles. The van der Waals surface area contributed by atoms with Gasteiger partial charge in [0.15, 0.2) is 0 Å². The molecule has 2 aromatic rings. The fourth-order valence-electron chi connectivity index (χ4n) is 1.81. The molecule has 3 nitrogen and oxygen atoms in total. The van der Waals surface area contributed by atoms with Crippen molar-refractivity contribution in [1.82, 2.24) is 9.97 Å². The summed E-state index contributed by atoms with van der Waals surface area (Å²) in [4.78, 5) is 9.94. The van der Waals surface area contributed by atoms with Crippen LogP contribution in [0.5, 0.6) is 0 Å². The zero-order valence-corrected chi connectivity index (χ0v) is 11.8. The number of hydrogen-bond donors (Lipinski definition) is 0. The molecule has 0 unspecified atom stereocenters. The van der Waals surface area contributed by atoms with Gasteiger partial charge in [-0.15, -0.1) is 11.6 Å². The Morgan fingerprint density at radius 3 is 2.79 bits per heavy atom. The predicted octanol–water partition coefficient (Wildman–Crippen LogP) is 3.64. The highest BCUT2D eigenvalue weighted by Gasteiger charge is 2.13. The summed E-state index contributed by atoms with van der Waals surface area (Å²) in [5.74, 6) is 0.617. The van der Waals surface area contributed by atoms with Crippen LogP contribution >= 0.6 is 23.2 Å². The first-order valence-corrected chi connectivity index (χ1v) is 6.54. The van der Waals surface area contributed by atoms with Gasteiger partial charge in [0.25, 0.3) is 0 Å². The van der Waals surface area contributed by atoms with E-state index in [0.717, 1.165) is 5.56 Å². The van der Waals surface area contributed by atoms with Crippen molar-refractivity contribution in [3.8, 4) is 0 Å². The number of rotatable bonds is 4. The summed E-state index contributed by atoms with van der Waals surface area (Å²) in [5, 5.41) is 0.339. The van der Waals surface area contributed by atoms with Crippen LogP contribution in [0.25, 0.3) is 0 Å². The van der Waals surface area contributed by atoms with Gasteiger partial charge >= 0.3 is 0 Å². The SMILES string of the molecule is CN(Cc1cccc(F)c1)c1ncnc(Cl)c1CCl. The first kappa shape index (κ1) is 14.0. The quantitative estimate of drug-likeness (QED) is 0.637. The lowest BCUT2D eigenvalue weighted by atomic mass is 10.2. The summed E-state index contributed by atoms with van der Waals surface area (Å²) in [7, 11) is 1.85. The molecule has 0 fully saturated rings. The fraction of sp³-hybridized carbons (Fsp3) is 0.231. The van der Waals surface area contributed by atoms with Gasteiger partial charge in [-0.3, -0.25) is 0 Å². The second kappa shape index (κ2) is 6.17. The summed E-state index contributed by atoms with van der Waals surface area (Å²) in [5.41, 5.74) is 1.52. The molecular formula is C13H12Cl2FN3. The van der Waals surface area contributed by atoms with E-state index < -0.39 is 0 Å². The average molecular weight is 300 g/mol. The number of anilines is 1. The Kier molecular flexibility index (Phi) is 4.56. The second-order valence-corrected chi connectivity index (χ2v) is 4.71. The van der Waals surface area contributed by atoms with Gasteiger partial charge in [0.1, 0.15) is 23.1 Å². The van der Waals surface area contributed by atoms with E-state index >= 15 is 0 Å². The van der Waals surface area contributed by atoms with Crippen molar-refractivity contribution in [2.75, 3.05) is 11.9 Å². The normalized spacial score (nSPS) is 10.5. The number of hydrogen-bond acceptors (Lipinski definition) is 3. The van der Waals surface area contributed by atoms with E-state index in [1.54, 1.807) is 6.07 Å². The van der Waals surface area contributed by atoms with Crippen LogP contribution in [0, 0.1) is 5.82 Å². The molecule has 1 aromatic heterocycles. The molecule has 1 heterocycles. The van der Waals surface area contributed by atoms with Crippen LogP contribution in [0.3, 0.4) is 0 Å². The Labute approximate surface area is 121 Å². The smallest absolute Gasteiger partial charge is 0.138 e. The largest absolute Gasteiger partial charge is 0.355 e. The highest BCUT2D eigenvalue weighted by atomic mass is 35.5. The third-order valence-electron chi connectivity index (χ3n) is 2.67. The van der Waals surface area contributed by atoms with Crippen LogP contribution < -0.4 is 4.90 Å². The van der Waals surface area contributed by atoms with Gasteiger partial charge < -0.3 is 4.90 Å². The van der Waals surface area contributed by atoms with Crippen molar-refractivity contribution in [2.24, 2.45) is 0 Å². The first-order chi connectivity index (χ1) is 9.11. The van der Waals surface area contributed by atoms with E-state index in [1.165, 1.54) is 18.5 Å². The molecular weight excluding hydrogens is 288 g/mol. The molecule has 0 amide bonds. The molecule has 0 spiro atoms. The molecule has 0 aliphatic carbocycles. The molecule has 19 heavy (non-hydrogen) atoms. The van der Waals surface area contributed by atoms with E-state index in [4.69, 9.17) is 23.2 Å². The molecule has 0 radical (unpaired) electrons. The van der Waals surface area contributed by atoms with Gasteiger partial charge in [0.05, 0.1) is 5.88 Å². The topological polar surface area (TPSA) is 29.0 Å². The Morgan fingerprint density at radius 1 is 1.32 bits per heavy atom. The van der Waals surface area contributed by atoms with Crippen LogP contribution in [0.2, 0.25) is 5.15 Å². The molecule has 0 saturated carbocycles. The van der Waals surface area contributed by atoms with Gasteiger partial charge in [-0.05, 0) is 17.7 Å². The molecule has 2 rings (SSSR count). The van der Waals surface area contributed by atoms with Crippen molar-refractivity contribution in [1.29, 1.82) is 0 Å². The van der Waals surface area contributed by atoms with Gasteiger partial charge in [-0.25, -0.2) is 14.4 Å². The summed E-state index contributed by atoms with van der Waals surface area (Å²) in [6, 6.07) is 6.42. The van der Waals surface area contributed by atoms with Crippen LogP contribution in [-0.4, -0.2) is 17.0 Å². The number of nitrogens with zero attached hydrogens (tertiary/aromatic N) is 3. The Hall–Kier alpha value is -1.39. The van der Waals surface area contributed by atoms with E-state index in [1.807, 2.05) is 18.0 Å². The van der Waals surface area contributed by atoms with Gasteiger partial charge in [0, 0.05) is 19.2 Å². The Bertz CT molecular complexity index is 578. The Morgan fingerprint density at radius 2 is 2.11 bits per heavy atom. The molecule has 0 aliphatic rings. The zero-order chi connectivity index (χ0) is 13.8. The molecule has 100 valence electrons. The maximum absolute atomic E-state index is 13.1. The first-order valence-electron chi connectivity index (χ1n) is 5.62. The third kappa shape index (κ3) is 3.33. The predicted molar refractivity (Wildman–Crippen MR) is 75.1 cm³/mol. The van der Waals surface area contributed by atoms with E-state index in [2.05, 4.69) is 9.97 Å². The minimum absolute atomic E-state index is 0.225. The highest BCUT2D eigenvalue weighted by molar-refractivity contribution is 6.31. The fourth-order valence-corrected chi connectivity index (χ4v) is 2.32. The minimum Gasteiger partial charge on any atom is -0.355 e. The lowest BCUT2D eigenvalue weighted by molar-refractivity contribution is 0.625. The van der Waals surface area contributed by atoms with Crippen LogP contribution in [0.4, 0.5) is 10.2 Å². The number of aromatic nitrogens is 2. The van der Waals surface area contributed by atoms with Crippen molar-refractivity contribution in [3.63, 3.8) is 0 Å². The Balaban J connectivity index is 2.25. The van der Waals surface area contributed by atoms with Gasteiger partial charge in [0.2, 0.25) is 0 Å². The second-order valence-electron chi connectivity index (χ2n) is 4.09. The summed E-state index contributed by atoms with van der Waals surface area (Å²) in [6.07, 6.45) is 1.38. The van der Waals surface area contributed by atoms with Crippen molar-refractivity contribution in [2.45, 2.75) is 12.4 Å². The standard InChI is InChI=1S/C13H12Cl2FN3/c1-19(7-9-3-2-4-10(16)5-9)13-11(6-14)12(15)17-8-18-13/h2-5,8H,6-7H2,1H3. The van der Waals surface area contributed by atoms with Crippen LogP contribution in [0.15, 0.2) is 30.6 Å². The molecule has 6 heteroatoms. The van der Waals surface area contributed by atoms with Crippen LogP contribution in [0.1, 0.15) is 11.1 Å². The van der Waals surface area contributed by atoms with E-state index in [9.17, 15) is 4.39 Å². The molecule has 0 N–H and O–H groups in total. The van der Waals surface area contributed by atoms with E-state index in [0.29, 0.717) is 23.1 Å². The monoisotopic (exact) mass is 299 g/mol. The van der Waals surface area contributed by atoms with Gasteiger partial charge in [-0.1, -0.05) is 23.7 Å². The van der Waals surface area contributed by atoms with E-state index in [-0.39, 0.29) is 11.7 Å².